The number of hydrogen-bond acceptors (Lipinski definition) is 2. The van der Waals surface area contributed by atoms with Crippen LogP contribution in [0.15, 0.2) is 18.2 Å². The van der Waals surface area contributed by atoms with Crippen LogP contribution >= 0.6 is 11.2 Å². The number of ether oxygens (including phenoxy) is 1. The molecule has 0 atom stereocenters. The largest absolute Gasteiger partial charge is 0.493 e. The lowest BCUT2D eigenvalue weighted by atomic mass is 10.1. The smallest absolute Gasteiger partial charge is 0.123 e. The van der Waals surface area contributed by atoms with Gasteiger partial charge in [0.2, 0.25) is 0 Å². The zero-order valence-electron chi connectivity index (χ0n) is 10.4. The maximum atomic E-state index is 5.79. The summed E-state index contributed by atoms with van der Waals surface area (Å²) in [7, 11) is 1.03. The molecule has 0 saturated carbocycles. The van der Waals surface area contributed by atoms with Crippen LogP contribution in [0, 0.1) is 13.8 Å². The van der Waals surface area contributed by atoms with Crippen molar-refractivity contribution in [3.05, 3.63) is 29.3 Å². The van der Waals surface area contributed by atoms with E-state index in [2.05, 4.69) is 39.0 Å². The van der Waals surface area contributed by atoms with Gasteiger partial charge in [0.05, 0.1) is 6.61 Å². The van der Waals surface area contributed by atoms with E-state index < -0.39 is 0 Å². The summed E-state index contributed by atoms with van der Waals surface area (Å²) in [6, 6.07) is 7.53. The maximum absolute atomic E-state index is 5.79. The van der Waals surface area contributed by atoms with Crippen molar-refractivity contribution in [3.8, 4) is 5.75 Å². The molecular formula is C13H20OSSi. The van der Waals surface area contributed by atoms with Crippen LogP contribution < -0.4 is 4.74 Å². The standard InChI is InChI=1S/C13H20OSSi/c1-4-15-16-10-6-9-14-13-8-5-7-11(2)12(13)3/h5,7-8H,4,6,9-10H2,1-3H3. The molecule has 1 aromatic rings. The van der Waals surface area contributed by atoms with Crippen molar-refractivity contribution in [2.45, 2.75) is 33.2 Å². The van der Waals surface area contributed by atoms with E-state index in [0.29, 0.717) is 0 Å². The Kier molecular flexibility index (Phi) is 6.65. The van der Waals surface area contributed by atoms with E-state index in [1.165, 1.54) is 29.3 Å². The second-order valence-corrected chi connectivity index (χ2v) is 7.11. The topological polar surface area (TPSA) is 9.23 Å². The second kappa shape index (κ2) is 7.79. The van der Waals surface area contributed by atoms with Crippen molar-refractivity contribution < 1.29 is 4.74 Å². The molecule has 0 aliphatic heterocycles. The molecule has 0 bridgehead atoms. The van der Waals surface area contributed by atoms with E-state index in [1.807, 2.05) is 11.2 Å². The second-order valence-electron chi connectivity index (χ2n) is 3.73. The Balaban J connectivity index is 2.24. The van der Waals surface area contributed by atoms with E-state index in [9.17, 15) is 0 Å². The molecule has 0 fully saturated rings. The lowest BCUT2D eigenvalue weighted by molar-refractivity contribution is 0.315. The maximum Gasteiger partial charge on any atom is 0.123 e. The van der Waals surface area contributed by atoms with E-state index >= 15 is 0 Å². The van der Waals surface area contributed by atoms with Crippen molar-refractivity contribution in [2.75, 3.05) is 12.4 Å². The average molecular weight is 252 g/mol. The molecule has 0 aliphatic carbocycles. The van der Waals surface area contributed by atoms with Crippen LogP contribution in [-0.4, -0.2) is 21.0 Å². The minimum Gasteiger partial charge on any atom is -0.493 e. The summed E-state index contributed by atoms with van der Waals surface area (Å²) in [6.07, 6.45) is 1.17. The van der Waals surface area contributed by atoms with Crippen molar-refractivity contribution in [1.29, 1.82) is 0 Å². The van der Waals surface area contributed by atoms with Crippen LogP contribution in [0.2, 0.25) is 6.04 Å². The van der Waals surface area contributed by atoms with E-state index in [1.54, 1.807) is 0 Å². The SMILES string of the molecule is CCS[Si]CCCOc1cccc(C)c1C. The molecule has 0 N–H and O–H groups in total. The molecule has 16 heavy (non-hydrogen) atoms. The molecule has 3 heteroatoms. The summed E-state index contributed by atoms with van der Waals surface area (Å²) >= 11 is 2.03. The van der Waals surface area contributed by atoms with E-state index in [0.717, 1.165) is 21.0 Å². The predicted molar refractivity (Wildman–Crippen MR) is 74.7 cm³/mol. The summed E-state index contributed by atoms with van der Waals surface area (Å²) in [5.41, 5.74) is 2.58. The lowest BCUT2D eigenvalue weighted by Crippen LogP contribution is -2.00. The minimum absolute atomic E-state index is 0.849. The Morgan fingerprint density at radius 1 is 1.31 bits per heavy atom. The summed E-state index contributed by atoms with van der Waals surface area (Å²) in [6.45, 7) is 7.31. The van der Waals surface area contributed by atoms with Crippen molar-refractivity contribution in [1.82, 2.24) is 0 Å². The molecule has 0 aromatic heterocycles. The molecule has 0 heterocycles. The van der Waals surface area contributed by atoms with E-state index in [4.69, 9.17) is 4.74 Å². The number of rotatable bonds is 7. The van der Waals surface area contributed by atoms with Gasteiger partial charge in [0.15, 0.2) is 0 Å². The van der Waals surface area contributed by atoms with Gasteiger partial charge in [0.1, 0.15) is 14.4 Å². The summed E-state index contributed by atoms with van der Waals surface area (Å²) in [4.78, 5) is 0. The third-order valence-corrected chi connectivity index (χ3v) is 5.62. The van der Waals surface area contributed by atoms with Gasteiger partial charge in [-0.2, -0.15) is 11.2 Å². The highest BCUT2D eigenvalue weighted by Crippen LogP contribution is 2.20. The third-order valence-electron chi connectivity index (χ3n) is 2.48. The van der Waals surface area contributed by atoms with Gasteiger partial charge in [0.25, 0.3) is 0 Å². The molecule has 0 aliphatic rings. The lowest BCUT2D eigenvalue weighted by Gasteiger charge is -2.10. The Morgan fingerprint density at radius 2 is 2.12 bits per heavy atom. The Bertz CT molecular complexity index is 315. The van der Waals surface area contributed by atoms with Crippen molar-refractivity contribution >= 4 is 19.9 Å². The molecule has 1 aromatic carbocycles. The average Bonchev–Trinajstić information content (AvgIpc) is 2.29. The van der Waals surface area contributed by atoms with Gasteiger partial charge in [-0.1, -0.05) is 19.1 Å². The normalized spacial score (nSPS) is 10.4. The molecular weight excluding hydrogens is 232 g/mol. The van der Waals surface area contributed by atoms with Crippen LogP contribution in [0.5, 0.6) is 5.75 Å². The monoisotopic (exact) mass is 252 g/mol. The summed E-state index contributed by atoms with van der Waals surface area (Å²) in [5, 5.41) is 0. The van der Waals surface area contributed by atoms with Crippen molar-refractivity contribution in [3.63, 3.8) is 0 Å². The number of aryl methyl sites for hydroxylation is 1. The van der Waals surface area contributed by atoms with Gasteiger partial charge in [-0.05, 0) is 49.3 Å². The van der Waals surface area contributed by atoms with Crippen molar-refractivity contribution in [2.24, 2.45) is 0 Å². The van der Waals surface area contributed by atoms with Gasteiger partial charge in [-0.15, -0.1) is 0 Å². The van der Waals surface area contributed by atoms with Crippen LogP contribution in [0.1, 0.15) is 24.5 Å². The predicted octanol–water partition coefficient (Wildman–Crippen LogP) is 3.86. The minimum atomic E-state index is 0.849. The molecule has 0 saturated heterocycles. The quantitative estimate of drug-likeness (QED) is 0.538. The Morgan fingerprint density at radius 3 is 2.88 bits per heavy atom. The highest BCUT2D eigenvalue weighted by molar-refractivity contribution is 8.22. The fourth-order valence-electron chi connectivity index (χ4n) is 1.38. The molecule has 1 rings (SSSR count). The molecule has 0 amide bonds. The Hall–Kier alpha value is -0.413. The first-order chi connectivity index (χ1) is 7.75. The van der Waals surface area contributed by atoms with Crippen LogP contribution in [0.25, 0.3) is 0 Å². The Labute approximate surface area is 105 Å². The van der Waals surface area contributed by atoms with Gasteiger partial charge in [0, 0.05) is 0 Å². The highest BCUT2D eigenvalue weighted by atomic mass is 32.4. The zero-order chi connectivity index (χ0) is 11.8. The van der Waals surface area contributed by atoms with Crippen LogP contribution in [-0.2, 0) is 0 Å². The van der Waals surface area contributed by atoms with Crippen LogP contribution in [0.3, 0.4) is 0 Å². The summed E-state index contributed by atoms with van der Waals surface area (Å²) in [5.74, 6) is 2.28. The highest BCUT2D eigenvalue weighted by Gasteiger charge is 2.01. The van der Waals surface area contributed by atoms with Gasteiger partial charge in [-0.25, -0.2) is 0 Å². The molecule has 88 valence electrons. The van der Waals surface area contributed by atoms with Crippen LogP contribution in [0.4, 0.5) is 0 Å². The zero-order valence-corrected chi connectivity index (χ0v) is 12.2. The molecule has 2 radical (unpaired) electrons. The van der Waals surface area contributed by atoms with Gasteiger partial charge < -0.3 is 4.74 Å². The fourth-order valence-corrected chi connectivity index (χ4v) is 3.50. The van der Waals surface area contributed by atoms with Gasteiger partial charge in [-0.3, -0.25) is 0 Å². The fraction of sp³-hybridized carbons (Fsp3) is 0.538. The summed E-state index contributed by atoms with van der Waals surface area (Å²) < 4.78 is 5.79. The molecule has 1 nitrogen and oxygen atoms in total. The first kappa shape index (κ1) is 13.7. The number of benzene rings is 1. The van der Waals surface area contributed by atoms with Gasteiger partial charge >= 0.3 is 0 Å². The number of hydrogen-bond donors (Lipinski definition) is 0. The third kappa shape index (κ3) is 4.62. The van der Waals surface area contributed by atoms with E-state index in [-0.39, 0.29) is 0 Å². The first-order valence-electron chi connectivity index (χ1n) is 5.79. The first-order valence-corrected chi connectivity index (χ1v) is 8.71. The molecule has 0 spiro atoms. The molecule has 0 unspecified atom stereocenters.